The average molecular weight is 269 g/mol. The van der Waals surface area contributed by atoms with Crippen molar-refractivity contribution >= 4 is 5.91 Å². The summed E-state index contributed by atoms with van der Waals surface area (Å²) >= 11 is 0. The fraction of sp³-hybridized carbons (Fsp3) is 0.167. The fourth-order valence-corrected chi connectivity index (χ4v) is 1.60. The molecule has 0 aliphatic carbocycles. The molecule has 0 saturated heterocycles. The lowest BCUT2D eigenvalue weighted by Gasteiger charge is -2.12. The molecule has 0 bridgehead atoms. The number of nitrogens with one attached hydrogen (secondary N) is 2. The zero-order chi connectivity index (χ0) is 13.9. The monoisotopic (exact) mass is 269 g/mol. The molecule has 0 fully saturated rings. The minimum Gasteiger partial charge on any atom is -0.348 e. The molecule has 0 unspecified atom stereocenters. The van der Waals surface area contributed by atoms with E-state index in [4.69, 9.17) is 0 Å². The highest BCUT2D eigenvalue weighted by molar-refractivity contribution is 5.93. The number of rotatable bonds is 3. The van der Waals surface area contributed by atoms with Crippen LogP contribution in [0.1, 0.15) is 21.5 Å². The van der Waals surface area contributed by atoms with Gasteiger partial charge in [0.05, 0.1) is 17.3 Å². The van der Waals surface area contributed by atoms with E-state index in [1.54, 1.807) is 0 Å². The molecule has 100 valence electrons. The number of carbonyl (C=O) groups is 1. The third kappa shape index (κ3) is 3.12. The Morgan fingerprint density at radius 1 is 1.32 bits per heavy atom. The van der Waals surface area contributed by atoms with Crippen molar-refractivity contribution in [2.75, 3.05) is 0 Å². The summed E-state index contributed by atoms with van der Waals surface area (Å²) in [6.07, 6.45) is -1.77. The fourth-order valence-electron chi connectivity index (χ4n) is 1.60. The van der Waals surface area contributed by atoms with E-state index in [1.807, 2.05) is 0 Å². The van der Waals surface area contributed by atoms with Gasteiger partial charge < -0.3 is 5.32 Å². The van der Waals surface area contributed by atoms with Gasteiger partial charge >= 0.3 is 6.18 Å². The Kier molecular flexibility index (Phi) is 3.55. The molecule has 0 radical (unpaired) electrons. The van der Waals surface area contributed by atoms with Crippen LogP contribution in [0.2, 0.25) is 0 Å². The number of aromatic nitrogens is 2. The second-order valence-corrected chi connectivity index (χ2v) is 3.82. The molecule has 7 heteroatoms. The van der Waals surface area contributed by atoms with Gasteiger partial charge in [-0.15, -0.1) is 0 Å². The Balaban J connectivity index is 2.10. The van der Waals surface area contributed by atoms with Crippen LogP contribution < -0.4 is 5.32 Å². The zero-order valence-corrected chi connectivity index (χ0v) is 9.66. The van der Waals surface area contributed by atoms with Crippen molar-refractivity contribution in [2.24, 2.45) is 0 Å². The molecular weight excluding hydrogens is 259 g/mol. The number of nitrogens with zero attached hydrogens (tertiary/aromatic N) is 1. The molecule has 0 atom stereocenters. The molecular formula is C12H10F3N3O. The van der Waals surface area contributed by atoms with Gasteiger partial charge in [0.25, 0.3) is 5.91 Å². The summed E-state index contributed by atoms with van der Waals surface area (Å²) in [6, 6.07) is 5.12. The number of alkyl halides is 3. The van der Waals surface area contributed by atoms with Crippen LogP contribution in [-0.4, -0.2) is 16.1 Å². The van der Waals surface area contributed by atoms with Crippen LogP contribution in [-0.2, 0) is 12.7 Å². The van der Waals surface area contributed by atoms with Crippen molar-refractivity contribution in [3.63, 3.8) is 0 Å². The van der Waals surface area contributed by atoms with E-state index >= 15 is 0 Å². The first-order chi connectivity index (χ1) is 8.98. The van der Waals surface area contributed by atoms with Crippen LogP contribution >= 0.6 is 0 Å². The van der Waals surface area contributed by atoms with Gasteiger partial charge in [0.15, 0.2) is 0 Å². The normalized spacial score (nSPS) is 11.3. The van der Waals surface area contributed by atoms with E-state index in [2.05, 4.69) is 15.5 Å². The SMILES string of the molecule is O=C(NCc1ccccc1C(F)(F)F)c1cn[nH]c1. The van der Waals surface area contributed by atoms with Crippen molar-refractivity contribution < 1.29 is 18.0 Å². The van der Waals surface area contributed by atoms with E-state index in [-0.39, 0.29) is 17.7 Å². The first-order valence-electron chi connectivity index (χ1n) is 5.40. The van der Waals surface area contributed by atoms with Crippen LogP contribution in [0.3, 0.4) is 0 Å². The number of aromatic amines is 1. The maximum Gasteiger partial charge on any atom is 0.416 e. The first kappa shape index (κ1) is 13.1. The van der Waals surface area contributed by atoms with E-state index in [0.717, 1.165) is 6.07 Å². The van der Waals surface area contributed by atoms with Crippen molar-refractivity contribution in [3.05, 3.63) is 53.3 Å². The smallest absolute Gasteiger partial charge is 0.348 e. The minimum atomic E-state index is -4.43. The molecule has 0 aliphatic heterocycles. The highest BCUT2D eigenvalue weighted by Gasteiger charge is 2.32. The van der Waals surface area contributed by atoms with Gasteiger partial charge in [-0.25, -0.2) is 0 Å². The Hall–Kier alpha value is -2.31. The van der Waals surface area contributed by atoms with Crippen LogP contribution in [0.5, 0.6) is 0 Å². The lowest BCUT2D eigenvalue weighted by atomic mass is 10.1. The maximum atomic E-state index is 12.7. The summed E-state index contributed by atoms with van der Waals surface area (Å²) < 4.78 is 38.2. The third-order valence-corrected chi connectivity index (χ3v) is 2.52. The Morgan fingerprint density at radius 2 is 2.05 bits per heavy atom. The number of benzene rings is 1. The van der Waals surface area contributed by atoms with Crippen molar-refractivity contribution in [1.82, 2.24) is 15.5 Å². The summed E-state index contributed by atoms with van der Waals surface area (Å²) in [5.74, 6) is -0.481. The molecule has 1 aromatic carbocycles. The molecule has 0 aliphatic rings. The second-order valence-electron chi connectivity index (χ2n) is 3.82. The van der Waals surface area contributed by atoms with E-state index in [9.17, 15) is 18.0 Å². The molecule has 1 aromatic heterocycles. The van der Waals surface area contributed by atoms with Gasteiger partial charge in [-0.3, -0.25) is 9.89 Å². The van der Waals surface area contributed by atoms with Crippen molar-refractivity contribution in [1.29, 1.82) is 0 Å². The van der Waals surface area contributed by atoms with Crippen LogP contribution in [0.4, 0.5) is 13.2 Å². The Morgan fingerprint density at radius 3 is 2.68 bits per heavy atom. The maximum absolute atomic E-state index is 12.7. The Bertz CT molecular complexity index is 564. The zero-order valence-electron chi connectivity index (χ0n) is 9.66. The second kappa shape index (κ2) is 5.13. The summed E-state index contributed by atoms with van der Waals surface area (Å²) in [5.41, 5.74) is -0.459. The van der Waals surface area contributed by atoms with Crippen molar-refractivity contribution in [2.45, 2.75) is 12.7 Å². The van der Waals surface area contributed by atoms with Gasteiger partial charge in [-0.1, -0.05) is 18.2 Å². The number of hydrogen-bond acceptors (Lipinski definition) is 2. The van der Waals surface area contributed by atoms with Crippen LogP contribution in [0, 0.1) is 0 Å². The minimum absolute atomic E-state index is 0.0202. The van der Waals surface area contributed by atoms with Crippen molar-refractivity contribution in [3.8, 4) is 0 Å². The lowest BCUT2D eigenvalue weighted by molar-refractivity contribution is -0.138. The Labute approximate surface area is 106 Å². The molecule has 0 saturated carbocycles. The number of hydrogen-bond donors (Lipinski definition) is 2. The summed E-state index contributed by atoms with van der Waals surface area (Å²) in [6.45, 7) is -0.195. The molecule has 4 nitrogen and oxygen atoms in total. The number of carbonyl (C=O) groups excluding carboxylic acids is 1. The van der Waals surface area contributed by atoms with Gasteiger partial charge in [-0.2, -0.15) is 18.3 Å². The van der Waals surface area contributed by atoms with Gasteiger partial charge in [-0.05, 0) is 11.6 Å². The number of H-pyrrole nitrogens is 1. The van der Waals surface area contributed by atoms with Gasteiger partial charge in [0.1, 0.15) is 0 Å². The lowest BCUT2D eigenvalue weighted by Crippen LogP contribution is -2.24. The number of halogens is 3. The number of amides is 1. The quantitative estimate of drug-likeness (QED) is 0.898. The molecule has 19 heavy (non-hydrogen) atoms. The average Bonchev–Trinajstić information content (AvgIpc) is 2.89. The largest absolute Gasteiger partial charge is 0.416 e. The topological polar surface area (TPSA) is 57.8 Å². The van der Waals surface area contributed by atoms with E-state index in [1.165, 1.54) is 30.6 Å². The van der Waals surface area contributed by atoms with E-state index in [0.29, 0.717) is 0 Å². The summed E-state index contributed by atoms with van der Waals surface area (Å²) in [7, 11) is 0. The van der Waals surface area contributed by atoms with Crippen LogP contribution in [0.25, 0.3) is 0 Å². The standard InChI is InChI=1S/C12H10F3N3O/c13-12(14,15)10-4-2-1-3-8(10)5-16-11(19)9-6-17-18-7-9/h1-4,6-7H,5H2,(H,16,19)(H,17,18). The third-order valence-electron chi connectivity index (χ3n) is 2.52. The molecule has 2 aromatic rings. The highest BCUT2D eigenvalue weighted by atomic mass is 19.4. The van der Waals surface area contributed by atoms with E-state index < -0.39 is 17.6 Å². The summed E-state index contributed by atoms with van der Waals surface area (Å²) in [5, 5.41) is 8.46. The molecule has 1 amide bonds. The van der Waals surface area contributed by atoms with Gasteiger partial charge in [0.2, 0.25) is 0 Å². The molecule has 0 spiro atoms. The highest BCUT2D eigenvalue weighted by Crippen LogP contribution is 2.31. The van der Waals surface area contributed by atoms with Gasteiger partial charge in [0, 0.05) is 12.7 Å². The van der Waals surface area contributed by atoms with Crippen LogP contribution in [0.15, 0.2) is 36.7 Å². The molecule has 2 N–H and O–H groups in total. The predicted molar refractivity (Wildman–Crippen MR) is 61.2 cm³/mol. The predicted octanol–water partition coefficient (Wildman–Crippen LogP) is 2.36. The summed E-state index contributed by atoms with van der Waals surface area (Å²) in [4.78, 5) is 11.6. The molecule has 2 rings (SSSR count). The first-order valence-corrected chi connectivity index (χ1v) is 5.40. The molecule has 1 heterocycles.